The van der Waals surface area contributed by atoms with E-state index in [1.165, 1.54) is 64.5 Å². The molecule has 0 aliphatic heterocycles. The van der Waals surface area contributed by atoms with Gasteiger partial charge in [-0.15, -0.1) is 0 Å². The van der Waals surface area contributed by atoms with Gasteiger partial charge in [0, 0.05) is 6.04 Å². The van der Waals surface area contributed by atoms with Crippen molar-refractivity contribution in [2.75, 3.05) is 19.6 Å². The van der Waals surface area contributed by atoms with Crippen LogP contribution in [0, 0.1) is 5.41 Å². The molecule has 2 heteroatoms. The van der Waals surface area contributed by atoms with Crippen LogP contribution in [0.4, 0.5) is 0 Å². The average molecular weight is 224 g/mol. The van der Waals surface area contributed by atoms with E-state index < -0.39 is 0 Å². The third kappa shape index (κ3) is 2.60. The first-order chi connectivity index (χ1) is 7.79. The molecule has 2 rings (SSSR count). The molecule has 0 aromatic heterocycles. The van der Waals surface area contributed by atoms with Crippen molar-refractivity contribution < 1.29 is 0 Å². The second kappa shape index (κ2) is 5.50. The highest BCUT2D eigenvalue weighted by Gasteiger charge is 2.35. The molecule has 0 heterocycles. The fourth-order valence-electron chi connectivity index (χ4n) is 3.48. The Hall–Kier alpha value is -0.0800. The minimum atomic E-state index is 0.534. The van der Waals surface area contributed by atoms with Gasteiger partial charge in [-0.1, -0.05) is 26.2 Å². The van der Waals surface area contributed by atoms with Gasteiger partial charge in [-0.05, 0) is 57.2 Å². The predicted octanol–water partition coefficient (Wildman–Crippen LogP) is 2.77. The van der Waals surface area contributed by atoms with Gasteiger partial charge in [-0.2, -0.15) is 0 Å². The average Bonchev–Trinajstić information content (AvgIpc) is 2.76. The highest BCUT2D eigenvalue weighted by Crippen LogP contribution is 2.43. The van der Waals surface area contributed by atoms with Crippen molar-refractivity contribution in [2.24, 2.45) is 11.1 Å². The van der Waals surface area contributed by atoms with Crippen LogP contribution in [0.2, 0.25) is 0 Å². The maximum absolute atomic E-state index is 5.93. The Bertz CT molecular complexity index is 199. The lowest BCUT2D eigenvalue weighted by Crippen LogP contribution is -2.42. The number of rotatable bonds is 6. The summed E-state index contributed by atoms with van der Waals surface area (Å²) in [5, 5.41) is 0. The van der Waals surface area contributed by atoms with Crippen LogP contribution < -0.4 is 5.73 Å². The van der Waals surface area contributed by atoms with Crippen molar-refractivity contribution >= 4 is 0 Å². The Kier molecular flexibility index (Phi) is 4.26. The molecule has 0 saturated heterocycles. The molecule has 2 aliphatic rings. The van der Waals surface area contributed by atoms with E-state index in [1.807, 2.05) is 0 Å². The van der Waals surface area contributed by atoms with Gasteiger partial charge in [-0.3, -0.25) is 0 Å². The molecule has 0 aromatic rings. The van der Waals surface area contributed by atoms with Crippen molar-refractivity contribution in [3.63, 3.8) is 0 Å². The maximum atomic E-state index is 5.93. The molecule has 94 valence electrons. The quantitative estimate of drug-likeness (QED) is 0.751. The van der Waals surface area contributed by atoms with Gasteiger partial charge in [0.1, 0.15) is 0 Å². The molecule has 2 nitrogen and oxygen atoms in total. The third-order valence-corrected chi connectivity index (χ3v) is 5.02. The van der Waals surface area contributed by atoms with E-state index in [0.717, 1.165) is 12.6 Å². The fourth-order valence-corrected chi connectivity index (χ4v) is 3.48. The molecule has 0 radical (unpaired) electrons. The van der Waals surface area contributed by atoms with Crippen LogP contribution >= 0.6 is 0 Å². The van der Waals surface area contributed by atoms with Crippen LogP contribution in [0.5, 0.6) is 0 Å². The van der Waals surface area contributed by atoms with Crippen LogP contribution in [0.15, 0.2) is 0 Å². The van der Waals surface area contributed by atoms with Crippen molar-refractivity contribution in [1.82, 2.24) is 4.90 Å². The van der Waals surface area contributed by atoms with E-state index in [2.05, 4.69) is 11.8 Å². The lowest BCUT2D eigenvalue weighted by molar-refractivity contribution is 0.0941. The van der Waals surface area contributed by atoms with Crippen LogP contribution in [0.1, 0.15) is 58.3 Å². The summed E-state index contributed by atoms with van der Waals surface area (Å²) < 4.78 is 0. The molecule has 2 saturated carbocycles. The SMILES string of the molecule is CCN(CCC1(CN)CCC1)C1CCCC1. The molecule has 0 bridgehead atoms. The normalized spacial score (nSPS) is 24.9. The molecule has 0 aromatic carbocycles. The van der Waals surface area contributed by atoms with Gasteiger partial charge < -0.3 is 10.6 Å². The first kappa shape index (κ1) is 12.4. The summed E-state index contributed by atoms with van der Waals surface area (Å²) in [5.74, 6) is 0. The van der Waals surface area contributed by atoms with Crippen molar-refractivity contribution in [3.05, 3.63) is 0 Å². The van der Waals surface area contributed by atoms with E-state index in [4.69, 9.17) is 5.73 Å². The summed E-state index contributed by atoms with van der Waals surface area (Å²) in [6.45, 7) is 5.74. The summed E-state index contributed by atoms with van der Waals surface area (Å²) in [6, 6.07) is 0.889. The van der Waals surface area contributed by atoms with E-state index >= 15 is 0 Å². The second-order valence-electron chi connectivity index (χ2n) is 5.87. The molecule has 0 amide bonds. The van der Waals surface area contributed by atoms with Gasteiger partial charge in [0.25, 0.3) is 0 Å². The summed E-state index contributed by atoms with van der Waals surface area (Å²) in [7, 11) is 0. The molecule has 0 spiro atoms. The summed E-state index contributed by atoms with van der Waals surface area (Å²) in [5.41, 5.74) is 6.47. The molecule has 2 N–H and O–H groups in total. The zero-order valence-electron chi connectivity index (χ0n) is 10.9. The molecule has 0 atom stereocenters. The number of nitrogens with zero attached hydrogens (tertiary/aromatic N) is 1. The predicted molar refractivity (Wildman–Crippen MR) is 69.5 cm³/mol. The molecule has 2 aliphatic carbocycles. The topological polar surface area (TPSA) is 29.3 Å². The minimum Gasteiger partial charge on any atom is -0.330 e. The van der Waals surface area contributed by atoms with Crippen molar-refractivity contribution in [1.29, 1.82) is 0 Å². The van der Waals surface area contributed by atoms with Gasteiger partial charge in [0.2, 0.25) is 0 Å². The Labute approximate surface area is 101 Å². The first-order valence-corrected chi connectivity index (χ1v) is 7.24. The first-order valence-electron chi connectivity index (χ1n) is 7.24. The van der Waals surface area contributed by atoms with E-state index in [1.54, 1.807) is 0 Å². The summed E-state index contributed by atoms with van der Waals surface area (Å²) >= 11 is 0. The smallest absolute Gasteiger partial charge is 0.00951 e. The molecular formula is C14H28N2. The lowest BCUT2D eigenvalue weighted by atomic mass is 9.66. The third-order valence-electron chi connectivity index (χ3n) is 5.02. The van der Waals surface area contributed by atoms with Gasteiger partial charge >= 0.3 is 0 Å². The molecule has 2 fully saturated rings. The summed E-state index contributed by atoms with van der Waals surface area (Å²) in [4.78, 5) is 2.71. The van der Waals surface area contributed by atoms with Gasteiger partial charge in [-0.25, -0.2) is 0 Å². The van der Waals surface area contributed by atoms with E-state index in [-0.39, 0.29) is 0 Å². The van der Waals surface area contributed by atoms with Crippen LogP contribution in [0.25, 0.3) is 0 Å². The standard InChI is InChI=1S/C14H28N2/c1-2-16(13-6-3-4-7-13)11-10-14(12-15)8-5-9-14/h13H,2-12,15H2,1H3. The minimum absolute atomic E-state index is 0.534. The molecule has 16 heavy (non-hydrogen) atoms. The van der Waals surface area contributed by atoms with Crippen LogP contribution in [0.3, 0.4) is 0 Å². The zero-order chi connectivity index (χ0) is 11.4. The fraction of sp³-hybridized carbons (Fsp3) is 1.00. The Morgan fingerprint density at radius 1 is 1.19 bits per heavy atom. The summed E-state index contributed by atoms with van der Waals surface area (Å²) in [6.07, 6.45) is 11.3. The maximum Gasteiger partial charge on any atom is 0.00951 e. The Morgan fingerprint density at radius 3 is 2.31 bits per heavy atom. The van der Waals surface area contributed by atoms with Crippen LogP contribution in [-0.4, -0.2) is 30.6 Å². The monoisotopic (exact) mass is 224 g/mol. The van der Waals surface area contributed by atoms with Crippen molar-refractivity contribution in [2.45, 2.75) is 64.3 Å². The molecule has 0 unspecified atom stereocenters. The number of nitrogens with two attached hydrogens (primary N) is 1. The second-order valence-corrected chi connectivity index (χ2v) is 5.87. The van der Waals surface area contributed by atoms with E-state index in [9.17, 15) is 0 Å². The number of hydrogen-bond donors (Lipinski definition) is 1. The zero-order valence-corrected chi connectivity index (χ0v) is 10.9. The van der Waals surface area contributed by atoms with E-state index in [0.29, 0.717) is 5.41 Å². The number of hydrogen-bond acceptors (Lipinski definition) is 2. The molecular weight excluding hydrogens is 196 g/mol. The Morgan fingerprint density at radius 2 is 1.88 bits per heavy atom. The van der Waals surface area contributed by atoms with Crippen molar-refractivity contribution in [3.8, 4) is 0 Å². The van der Waals surface area contributed by atoms with Gasteiger partial charge in [0.05, 0.1) is 0 Å². The van der Waals surface area contributed by atoms with Crippen LogP contribution in [-0.2, 0) is 0 Å². The lowest BCUT2D eigenvalue weighted by Gasteiger charge is -2.43. The highest BCUT2D eigenvalue weighted by atomic mass is 15.1. The highest BCUT2D eigenvalue weighted by molar-refractivity contribution is 4.90. The Balaban J connectivity index is 1.77. The largest absolute Gasteiger partial charge is 0.330 e. The van der Waals surface area contributed by atoms with Gasteiger partial charge in [0.15, 0.2) is 0 Å².